The average Bonchev–Trinajstić information content (AvgIpc) is 3.02. The first-order valence-corrected chi connectivity index (χ1v) is 9.36. The quantitative estimate of drug-likeness (QED) is 0.594. The molecule has 1 heterocycles. The van der Waals surface area contributed by atoms with Gasteiger partial charge in [-0.05, 0) is 56.2 Å². The van der Waals surface area contributed by atoms with Gasteiger partial charge in [0.2, 0.25) is 0 Å². The summed E-state index contributed by atoms with van der Waals surface area (Å²) < 4.78 is 10.3. The van der Waals surface area contributed by atoms with Gasteiger partial charge in [0, 0.05) is 28.6 Å². The summed E-state index contributed by atoms with van der Waals surface area (Å²) in [6.07, 6.45) is 0. The Balaban J connectivity index is 1.81. The van der Waals surface area contributed by atoms with E-state index in [-0.39, 0.29) is 11.9 Å². The molecule has 6 nitrogen and oxygen atoms in total. The van der Waals surface area contributed by atoms with E-state index in [0.717, 1.165) is 22.4 Å². The van der Waals surface area contributed by atoms with Gasteiger partial charge in [-0.2, -0.15) is 0 Å². The van der Waals surface area contributed by atoms with E-state index in [1.165, 1.54) is 0 Å². The molecule has 29 heavy (non-hydrogen) atoms. The molecule has 0 atom stereocenters. The number of ether oxygens (including phenoxy) is 2. The van der Waals surface area contributed by atoms with Crippen LogP contribution in [-0.4, -0.2) is 30.6 Å². The topological polar surface area (TPSA) is 80.4 Å². The van der Waals surface area contributed by atoms with E-state index < -0.39 is 0 Å². The van der Waals surface area contributed by atoms with E-state index in [1.54, 1.807) is 38.3 Å². The van der Waals surface area contributed by atoms with Crippen LogP contribution in [0.1, 0.15) is 39.0 Å². The zero-order valence-corrected chi connectivity index (χ0v) is 17.0. The minimum atomic E-state index is -0.367. The standard InChI is InChI=1S/C23H24N2O4/c1-5-29-23(27)21-14(2)20(15(3)24-21)16-9-11-17(12-10-16)22(26)25-18-7-6-8-19(13-18)28-4/h6-13,24H,5H2,1-4H3,(H,25,26). The molecule has 0 radical (unpaired) electrons. The lowest BCUT2D eigenvalue weighted by Gasteiger charge is -2.08. The predicted octanol–water partition coefficient (Wildman–Crippen LogP) is 4.74. The number of aryl methyl sites for hydroxylation is 1. The lowest BCUT2D eigenvalue weighted by molar-refractivity contribution is 0.0519. The summed E-state index contributed by atoms with van der Waals surface area (Å²) in [6, 6.07) is 14.5. The summed E-state index contributed by atoms with van der Waals surface area (Å²) in [6.45, 7) is 5.89. The van der Waals surface area contributed by atoms with Gasteiger partial charge in [0.1, 0.15) is 11.4 Å². The van der Waals surface area contributed by atoms with Crippen molar-refractivity contribution in [2.24, 2.45) is 0 Å². The lowest BCUT2D eigenvalue weighted by atomic mass is 10.00. The number of anilines is 1. The predicted molar refractivity (Wildman–Crippen MR) is 113 cm³/mol. The molecule has 0 saturated heterocycles. The average molecular weight is 392 g/mol. The van der Waals surface area contributed by atoms with Crippen LogP contribution in [0, 0.1) is 13.8 Å². The minimum absolute atomic E-state index is 0.209. The maximum absolute atomic E-state index is 12.5. The van der Waals surface area contributed by atoms with Crippen LogP contribution in [0.3, 0.4) is 0 Å². The van der Waals surface area contributed by atoms with Crippen molar-refractivity contribution >= 4 is 17.6 Å². The van der Waals surface area contributed by atoms with Crippen molar-refractivity contribution in [3.63, 3.8) is 0 Å². The Morgan fingerprint density at radius 2 is 1.79 bits per heavy atom. The highest BCUT2D eigenvalue weighted by atomic mass is 16.5. The molecule has 0 unspecified atom stereocenters. The van der Waals surface area contributed by atoms with Gasteiger partial charge in [0.25, 0.3) is 5.91 Å². The van der Waals surface area contributed by atoms with E-state index in [1.807, 2.05) is 38.1 Å². The van der Waals surface area contributed by atoms with Gasteiger partial charge in [-0.15, -0.1) is 0 Å². The number of esters is 1. The van der Waals surface area contributed by atoms with Crippen LogP contribution in [0.4, 0.5) is 5.69 Å². The molecule has 3 aromatic rings. The van der Waals surface area contributed by atoms with Gasteiger partial charge in [0.05, 0.1) is 13.7 Å². The first-order chi connectivity index (χ1) is 13.9. The zero-order valence-electron chi connectivity index (χ0n) is 17.0. The van der Waals surface area contributed by atoms with Crippen molar-refractivity contribution in [2.45, 2.75) is 20.8 Å². The summed E-state index contributed by atoms with van der Waals surface area (Å²) in [7, 11) is 1.58. The van der Waals surface area contributed by atoms with Gasteiger partial charge in [-0.3, -0.25) is 4.79 Å². The maximum atomic E-state index is 12.5. The van der Waals surface area contributed by atoms with Gasteiger partial charge in [-0.25, -0.2) is 4.79 Å². The fraction of sp³-hybridized carbons (Fsp3) is 0.217. The Kier molecular flexibility index (Phi) is 6.02. The third kappa shape index (κ3) is 4.32. The summed E-state index contributed by atoms with van der Waals surface area (Å²) >= 11 is 0. The molecule has 0 aliphatic rings. The summed E-state index contributed by atoms with van der Waals surface area (Å²) in [5, 5.41) is 2.86. The monoisotopic (exact) mass is 392 g/mol. The van der Waals surface area contributed by atoms with Crippen molar-refractivity contribution in [1.29, 1.82) is 0 Å². The van der Waals surface area contributed by atoms with Crippen LogP contribution < -0.4 is 10.1 Å². The maximum Gasteiger partial charge on any atom is 0.355 e. The number of carbonyl (C=O) groups is 2. The Hall–Kier alpha value is -3.54. The highest BCUT2D eigenvalue weighted by Gasteiger charge is 2.19. The van der Waals surface area contributed by atoms with Gasteiger partial charge < -0.3 is 19.8 Å². The number of methoxy groups -OCH3 is 1. The largest absolute Gasteiger partial charge is 0.497 e. The molecule has 6 heteroatoms. The molecule has 0 bridgehead atoms. The molecular weight excluding hydrogens is 368 g/mol. The fourth-order valence-corrected chi connectivity index (χ4v) is 3.28. The highest BCUT2D eigenvalue weighted by Crippen LogP contribution is 2.30. The van der Waals surface area contributed by atoms with E-state index in [0.29, 0.717) is 29.3 Å². The Morgan fingerprint density at radius 3 is 2.45 bits per heavy atom. The fourth-order valence-electron chi connectivity index (χ4n) is 3.28. The summed E-state index contributed by atoms with van der Waals surface area (Å²) in [4.78, 5) is 27.8. The molecular formula is C23H24N2O4. The van der Waals surface area contributed by atoms with Crippen molar-refractivity contribution < 1.29 is 19.1 Å². The lowest BCUT2D eigenvalue weighted by Crippen LogP contribution is -2.11. The third-order valence-corrected chi connectivity index (χ3v) is 4.68. The number of hydrogen-bond donors (Lipinski definition) is 2. The second-order valence-electron chi connectivity index (χ2n) is 6.61. The molecule has 1 aromatic heterocycles. The molecule has 0 spiro atoms. The first-order valence-electron chi connectivity index (χ1n) is 9.36. The number of carbonyl (C=O) groups excluding carboxylic acids is 2. The highest BCUT2D eigenvalue weighted by molar-refractivity contribution is 6.04. The molecule has 150 valence electrons. The Labute approximate surface area is 169 Å². The van der Waals surface area contributed by atoms with Crippen LogP contribution in [0.25, 0.3) is 11.1 Å². The number of aromatic amines is 1. The second-order valence-corrected chi connectivity index (χ2v) is 6.61. The van der Waals surface area contributed by atoms with Gasteiger partial charge >= 0.3 is 5.97 Å². The number of aromatic nitrogens is 1. The molecule has 0 aliphatic heterocycles. The molecule has 0 fully saturated rings. The van der Waals surface area contributed by atoms with Crippen molar-refractivity contribution in [1.82, 2.24) is 4.98 Å². The number of rotatable bonds is 6. The molecule has 3 rings (SSSR count). The van der Waals surface area contributed by atoms with E-state index in [9.17, 15) is 9.59 Å². The van der Waals surface area contributed by atoms with Crippen LogP contribution >= 0.6 is 0 Å². The van der Waals surface area contributed by atoms with Crippen LogP contribution in [-0.2, 0) is 4.74 Å². The molecule has 0 aliphatic carbocycles. The van der Waals surface area contributed by atoms with E-state index in [2.05, 4.69) is 10.3 Å². The summed E-state index contributed by atoms with van der Waals surface area (Å²) in [5.41, 5.74) is 5.22. The zero-order chi connectivity index (χ0) is 21.0. The van der Waals surface area contributed by atoms with Gasteiger partial charge in [-0.1, -0.05) is 18.2 Å². The first kappa shape index (κ1) is 20.2. The van der Waals surface area contributed by atoms with Crippen molar-refractivity contribution in [3.8, 4) is 16.9 Å². The van der Waals surface area contributed by atoms with E-state index >= 15 is 0 Å². The van der Waals surface area contributed by atoms with Gasteiger partial charge in [0.15, 0.2) is 0 Å². The van der Waals surface area contributed by atoms with Crippen LogP contribution in [0.2, 0.25) is 0 Å². The number of amides is 1. The molecule has 1 amide bonds. The molecule has 2 N–H and O–H groups in total. The Morgan fingerprint density at radius 1 is 1.07 bits per heavy atom. The summed E-state index contributed by atoms with van der Waals surface area (Å²) in [5.74, 6) is 0.0992. The minimum Gasteiger partial charge on any atom is -0.497 e. The number of nitrogens with one attached hydrogen (secondary N) is 2. The molecule has 2 aromatic carbocycles. The van der Waals surface area contributed by atoms with Crippen molar-refractivity contribution in [2.75, 3.05) is 19.0 Å². The SMILES string of the molecule is CCOC(=O)c1[nH]c(C)c(-c2ccc(C(=O)Nc3cccc(OC)c3)cc2)c1C. The van der Waals surface area contributed by atoms with Crippen LogP contribution in [0.15, 0.2) is 48.5 Å². The van der Waals surface area contributed by atoms with Crippen molar-refractivity contribution in [3.05, 3.63) is 71.0 Å². The van der Waals surface area contributed by atoms with Crippen LogP contribution in [0.5, 0.6) is 5.75 Å². The third-order valence-electron chi connectivity index (χ3n) is 4.68. The second kappa shape index (κ2) is 8.65. The molecule has 0 saturated carbocycles. The number of benzene rings is 2. The number of hydrogen-bond acceptors (Lipinski definition) is 4. The van der Waals surface area contributed by atoms with E-state index in [4.69, 9.17) is 9.47 Å². The smallest absolute Gasteiger partial charge is 0.355 e. The number of H-pyrrole nitrogens is 1. The Bertz CT molecular complexity index is 1040. The normalized spacial score (nSPS) is 10.5.